The monoisotopic (exact) mass is 134 g/mol. The summed E-state index contributed by atoms with van der Waals surface area (Å²) >= 11 is 0. The van der Waals surface area contributed by atoms with E-state index in [0.717, 1.165) is 0 Å². The molecule has 0 amide bonds. The molecular weight excluding hydrogens is 132 g/mol. The largest absolute Gasteiger partial charge is 0.445 e. The first kappa shape index (κ1) is 7.64. The fourth-order valence-corrected chi connectivity index (χ4v) is 0. The normalized spacial score (nSPS) is 14.2. The van der Waals surface area contributed by atoms with Crippen LogP contribution >= 0.6 is 0 Å². The molecule has 0 saturated heterocycles. The Bertz CT molecular complexity index is 67.0. The number of alkyl halides is 4. The van der Waals surface area contributed by atoms with E-state index in [1.165, 1.54) is 0 Å². The molecule has 0 aliphatic heterocycles. The Kier molecular flexibility index (Phi) is 1.49. The van der Waals surface area contributed by atoms with Gasteiger partial charge in [0.1, 0.15) is 0 Å². The van der Waals surface area contributed by atoms with Crippen LogP contribution < -0.4 is 0 Å². The molecule has 2 nitrogen and oxygen atoms in total. The van der Waals surface area contributed by atoms with Crippen LogP contribution in [0.1, 0.15) is 0 Å². The minimum absolute atomic E-state index is 5.34. The molecule has 0 spiro atoms. The molecule has 0 rings (SSSR count). The molecule has 6 heteroatoms. The van der Waals surface area contributed by atoms with Crippen LogP contribution in [0.4, 0.5) is 17.6 Å². The van der Waals surface area contributed by atoms with E-state index < -0.39 is 12.2 Å². The smallest absolute Gasteiger partial charge is 0.329 e. The Morgan fingerprint density at radius 2 is 0.875 bits per heavy atom. The van der Waals surface area contributed by atoms with E-state index in [9.17, 15) is 17.6 Å². The third-order valence-corrected chi connectivity index (χ3v) is 0.362. The van der Waals surface area contributed by atoms with E-state index in [0.29, 0.717) is 0 Å². The van der Waals surface area contributed by atoms with Crippen molar-refractivity contribution >= 4 is 0 Å². The van der Waals surface area contributed by atoms with Crippen molar-refractivity contribution in [2.45, 2.75) is 12.2 Å². The van der Waals surface area contributed by atoms with Crippen LogP contribution in [0.15, 0.2) is 0 Å². The molecule has 0 fully saturated rings. The Balaban J connectivity index is 4.02. The standard InChI is InChI=1S/C2H2F4O2/c3-1(4,7)2(5,6)8/h7-8H. The lowest BCUT2D eigenvalue weighted by atomic mass is 10.6. The van der Waals surface area contributed by atoms with Crippen LogP contribution in [0.25, 0.3) is 0 Å². The maximum atomic E-state index is 10.8. The summed E-state index contributed by atoms with van der Waals surface area (Å²) in [4.78, 5) is 0. The fraction of sp³-hybridized carbons (Fsp3) is 1.00. The van der Waals surface area contributed by atoms with Gasteiger partial charge in [0.25, 0.3) is 0 Å². The van der Waals surface area contributed by atoms with Crippen LogP contribution in [0.3, 0.4) is 0 Å². The Morgan fingerprint density at radius 3 is 0.875 bits per heavy atom. The number of hydrogen-bond donors (Lipinski definition) is 2. The van der Waals surface area contributed by atoms with Crippen LogP contribution in [-0.2, 0) is 0 Å². The summed E-state index contributed by atoms with van der Waals surface area (Å²) in [5.41, 5.74) is 0. The van der Waals surface area contributed by atoms with Crippen molar-refractivity contribution in [3.05, 3.63) is 0 Å². The van der Waals surface area contributed by atoms with Gasteiger partial charge in [-0.1, -0.05) is 0 Å². The van der Waals surface area contributed by atoms with Crippen LogP contribution in [0.5, 0.6) is 0 Å². The highest BCUT2D eigenvalue weighted by molar-refractivity contribution is 4.58. The first-order valence-electron chi connectivity index (χ1n) is 1.45. The SMILES string of the molecule is OC(F)(F)C(O)(F)F. The van der Waals surface area contributed by atoms with Crippen molar-refractivity contribution in [1.82, 2.24) is 0 Å². The average Bonchev–Trinajstić information content (AvgIpc) is 1.25. The summed E-state index contributed by atoms with van der Waals surface area (Å²) in [5, 5.41) is 14.0. The molecule has 0 unspecified atom stereocenters. The van der Waals surface area contributed by atoms with Gasteiger partial charge in [-0.3, -0.25) is 0 Å². The summed E-state index contributed by atoms with van der Waals surface area (Å²) in [6.07, 6.45) is -10.7. The molecule has 0 aliphatic carbocycles. The molecular formula is C2H2F4O2. The summed E-state index contributed by atoms with van der Waals surface area (Å²) in [7, 11) is 0. The average molecular weight is 134 g/mol. The van der Waals surface area contributed by atoms with Crippen molar-refractivity contribution in [2.24, 2.45) is 0 Å². The van der Waals surface area contributed by atoms with Crippen LogP contribution in [0.2, 0.25) is 0 Å². The van der Waals surface area contributed by atoms with Crippen molar-refractivity contribution in [3.8, 4) is 0 Å². The molecule has 0 radical (unpaired) electrons. The maximum absolute atomic E-state index is 10.8. The molecule has 0 aromatic carbocycles. The van der Waals surface area contributed by atoms with Crippen LogP contribution in [-0.4, -0.2) is 22.4 Å². The zero-order chi connectivity index (χ0) is 7.00. The first-order chi connectivity index (χ1) is 3.25. The second-order valence-electron chi connectivity index (χ2n) is 1.08. The second-order valence-corrected chi connectivity index (χ2v) is 1.08. The zero-order valence-electron chi connectivity index (χ0n) is 3.41. The van der Waals surface area contributed by atoms with E-state index in [1.54, 1.807) is 0 Å². The lowest BCUT2D eigenvalue weighted by Crippen LogP contribution is -2.39. The molecule has 50 valence electrons. The summed E-state index contributed by atoms with van der Waals surface area (Å²) < 4.78 is 43.1. The predicted octanol–water partition coefficient (Wildman–Crippen LogP) is 0.157. The lowest BCUT2D eigenvalue weighted by molar-refractivity contribution is -0.404. The van der Waals surface area contributed by atoms with Gasteiger partial charge in [0, 0.05) is 0 Å². The van der Waals surface area contributed by atoms with Crippen molar-refractivity contribution < 1.29 is 27.8 Å². The molecule has 2 N–H and O–H groups in total. The molecule has 0 bridgehead atoms. The Hall–Kier alpha value is -0.360. The maximum Gasteiger partial charge on any atom is 0.445 e. The number of hydrogen-bond acceptors (Lipinski definition) is 2. The van der Waals surface area contributed by atoms with E-state index >= 15 is 0 Å². The molecule has 0 saturated carbocycles. The number of halogens is 4. The fourth-order valence-electron chi connectivity index (χ4n) is 0. The van der Waals surface area contributed by atoms with Crippen molar-refractivity contribution in [1.29, 1.82) is 0 Å². The third-order valence-electron chi connectivity index (χ3n) is 0.362. The van der Waals surface area contributed by atoms with Gasteiger partial charge in [0.15, 0.2) is 0 Å². The highest BCUT2D eigenvalue weighted by Gasteiger charge is 2.54. The zero-order valence-corrected chi connectivity index (χ0v) is 3.41. The second kappa shape index (κ2) is 1.56. The summed E-state index contributed by atoms with van der Waals surface area (Å²) in [6, 6.07) is 0. The molecule has 0 atom stereocenters. The van der Waals surface area contributed by atoms with Gasteiger partial charge in [-0.15, -0.1) is 0 Å². The minimum Gasteiger partial charge on any atom is -0.329 e. The van der Waals surface area contributed by atoms with Gasteiger partial charge in [-0.2, -0.15) is 17.6 Å². The predicted molar refractivity (Wildman–Crippen MR) is 14.3 cm³/mol. The Morgan fingerprint density at radius 1 is 0.750 bits per heavy atom. The Labute approximate surface area is 41.4 Å². The number of rotatable bonds is 1. The molecule has 8 heavy (non-hydrogen) atoms. The van der Waals surface area contributed by atoms with Crippen molar-refractivity contribution in [3.63, 3.8) is 0 Å². The van der Waals surface area contributed by atoms with Gasteiger partial charge in [0.2, 0.25) is 0 Å². The molecule has 0 aromatic heterocycles. The molecule has 0 aliphatic rings. The van der Waals surface area contributed by atoms with E-state index in [2.05, 4.69) is 0 Å². The van der Waals surface area contributed by atoms with E-state index in [4.69, 9.17) is 10.2 Å². The van der Waals surface area contributed by atoms with Gasteiger partial charge in [-0.05, 0) is 0 Å². The van der Waals surface area contributed by atoms with Gasteiger partial charge >= 0.3 is 12.2 Å². The lowest BCUT2D eigenvalue weighted by Gasteiger charge is -2.13. The highest BCUT2D eigenvalue weighted by atomic mass is 19.3. The third kappa shape index (κ3) is 1.63. The van der Waals surface area contributed by atoms with Crippen molar-refractivity contribution in [2.75, 3.05) is 0 Å². The number of aliphatic hydroxyl groups is 2. The van der Waals surface area contributed by atoms with Gasteiger partial charge in [-0.25, -0.2) is 0 Å². The van der Waals surface area contributed by atoms with E-state index in [-0.39, 0.29) is 0 Å². The van der Waals surface area contributed by atoms with Gasteiger partial charge in [0.05, 0.1) is 0 Å². The summed E-state index contributed by atoms with van der Waals surface area (Å²) in [5.74, 6) is 0. The summed E-state index contributed by atoms with van der Waals surface area (Å²) in [6.45, 7) is 0. The first-order valence-corrected chi connectivity index (χ1v) is 1.45. The topological polar surface area (TPSA) is 40.5 Å². The van der Waals surface area contributed by atoms with Gasteiger partial charge < -0.3 is 10.2 Å². The highest BCUT2D eigenvalue weighted by Crippen LogP contribution is 2.27. The molecule has 0 aromatic rings. The van der Waals surface area contributed by atoms with Crippen LogP contribution in [0, 0.1) is 0 Å². The minimum atomic E-state index is -5.34. The quantitative estimate of drug-likeness (QED) is 0.501. The van der Waals surface area contributed by atoms with E-state index in [1.807, 2.05) is 0 Å². The molecule has 0 heterocycles.